The summed E-state index contributed by atoms with van der Waals surface area (Å²) >= 11 is 0. The van der Waals surface area contributed by atoms with Gasteiger partial charge in [0.15, 0.2) is 0 Å². The van der Waals surface area contributed by atoms with Crippen LogP contribution in [0.25, 0.3) is 0 Å². The van der Waals surface area contributed by atoms with Crippen LogP contribution in [0.1, 0.15) is 19.3 Å². The molecule has 0 radical (unpaired) electrons. The van der Waals surface area contributed by atoms with Crippen molar-refractivity contribution in [2.24, 2.45) is 0 Å². The summed E-state index contributed by atoms with van der Waals surface area (Å²) in [5, 5.41) is 0. The van der Waals surface area contributed by atoms with Gasteiger partial charge in [-0.1, -0.05) is 0 Å². The third-order valence-corrected chi connectivity index (χ3v) is 3.21. The zero-order valence-electron chi connectivity index (χ0n) is 7.40. The number of carbonyl (C=O) groups is 1. The molecule has 0 spiro atoms. The van der Waals surface area contributed by atoms with Gasteiger partial charge in [-0.05, 0) is 19.3 Å². The Morgan fingerprint density at radius 1 is 1.58 bits per heavy atom. The van der Waals surface area contributed by atoms with Crippen molar-refractivity contribution < 1.29 is 9.53 Å². The molecule has 12 heavy (non-hydrogen) atoms. The van der Waals surface area contributed by atoms with Crippen molar-refractivity contribution in [2.75, 3.05) is 13.7 Å². The number of fused-ring (bicyclic) bond motifs is 2. The number of rotatable bonds is 3. The molecule has 0 amide bonds. The Morgan fingerprint density at radius 2 is 2.42 bits per heavy atom. The van der Waals surface area contributed by atoms with Crippen LogP contribution in [0.5, 0.6) is 0 Å². The van der Waals surface area contributed by atoms with Crippen molar-refractivity contribution in [3.05, 3.63) is 0 Å². The molecule has 2 fully saturated rings. The maximum Gasteiger partial charge on any atom is 0.134 e. The second kappa shape index (κ2) is 3.15. The summed E-state index contributed by atoms with van der Waals surface area (Å²) in [5.74, 6) is 0. The van der Waals surface area contributed by atoms with E-state index in [4.69, 9.17) is 4.74 Å². The first kappa shape index (κ1) is 8.20. The van der Waals surface area contributed by atoms with Gasteiger partial charge in [0.2, 0.25) is 0 Å². The second-order valence-electron chi connectivity index (χ2n) is 3.67. The smallest absolute Gasteiger partial charge is 0.134 e. The first-order chi connectivity index (χ1) is 5.86. The van der Waals surface area contributed by atoms with Gasteiger partial charge in [-0.3, -0.25) is 4.90 Å². The lowest BCUT2D eigenvalue weighted by atomic mass is 9.98. The average Bonchev–Trinajstić information content (AvgIpc) is 2.63. The normalized spacial score (nSPS) is 40.6. The van der Waals surface area contributed by atoms with E-state index < -0.39 is 0 Å². The highest BCUT2D eigenvalue weighted by atomic mass is 16.5. The summed E-state index contributed by atoms with van der Waals surface area (Å²) in [7, 11) is 1.77. The minimum Gasteiger partial charge on any atom is -0.380 e. The van der Waals surface area contributed by atoms with Crippen molar-refractivity contribution in [3.63, 3.8) is 0 Å². The van der Waals surface area contributed by atoms with Crippen LogP contribution in [0.2, 0.25) is 0 Å². The SMILES string of the molecule is CO[C@H]1C[C@@H]2CC[C@H]1N2CC=O. The van der Waals surface area contributed by atoms with E-state index in [2.05, 4.69) is 4.90 Å². The van der Waals surface area contributed by atoms with Crippen molar-refractivity contribution >= 4 is 6.29 Å². The van der Waals surface area contributed by atoms with Crippen LogP contribution < -0.4 is 0 Å². The number of hydrogen-bond donors (Lipinski definition) is 0. The van der Waals surface area contributed by atoms with Crippen LogP contribution >= 0.6 is 0 Å². The lowest BCUT2D eigenvalue weighted by Gasteiger charge is -2.20. The molecular weight excluding hydrogens is 154 g/mol. The first-order valence-corrected chi connectivity index (χ1v) is 4.59. The average molecular weight is 169 g/mol. The third-order valence-electron chi connectivity index (χ3n) is 3.21. The van der Waals surface area contributed by atoms with E-state index in [0.717, 1.165) is 12.7 Å². The largest absolute Gasteiger partial charge is 0.380 e. The topological polar surface area (TPSA) is 29.5 Å². The molecule has 2 aliphatic rings. The van der Waals surface area contributed by atoms with Gasteiger partial charge in [0.1, 0.15) is 6.29 Å². The monoisotopic (exact) mass is 169 g/mol. The summed E-state index contributed by atoms with van der Waals surface area (Å²) in [6.07, 6.45) is 4.96. The number of ether oxygens (including phenoxy) is 1. The molecule has 3 heteroatoms. The Balaban J connectivity index is 2.03. The van der Waals surface area contributed by atoms with Gasteiger partial charge in [0.25, 0.3) is 0 Å². The lowest BCUT2D eigenvalue weighted by Crippen LogP contribution is -2.34. The van der Waals surface area contributed by atoms with Crippen LogP contribution in [-0.4, -0.2) is 43.0 Å². The molecule has 68 valence electrons. The van der Waals surface area contributed by atoms with E-state index in [9.17, 15) is 4.79 Å². The molecule has 0 saturated carbocycles. The van der Waals surface area contributed by atoms with E-state index in [1.807, 2.05) is 0 Å². The number of carbonyl (C=O) groups excluding carboxylic acids is 1. The Morgan fingerprint density at radius 3 is 3.00 bits per heavy atom. The Kier molecular flexibility index (Phi) is 2.15. The first-order valence-electron chi connectivity index (χ1n) is 4.59. The molecule has 0 aromatic rings. The highest BCUT2D eigenvalue weighted by Gasteiger charge is 2.45. The zero-order chi connectivity index (χ0) is 8.55. The predicted molar refractivity (Wildman–Crippen MR) is 45.0 cm³/mol. The predicted octanol–water partition coefficient (Wildman–Crippen LogP) is 0.437. The molecule has 3 nitrogen and oxygen atoms in total. The maximum atomic E-state index is 10.4. The Bertz CT molecular complexity index is 183. The molecule has 2 saturated heterocycles. The number of nitrogens with zero attached hydrogens (tertiary/aromatic N) is 1. The van der Waals surface area contributed by atoms with Gasteiger partial charge < -0.3 is 9.53 Å². The van der Waals surface area contributed by atoms with Gasteiger partial charge in [0, 0.05) is 19.2 Å². The quantitative estimate of drug-likeness (QED) is 0.574. The molecule has 3 atom stereocenters. The molecule has 2 rings (SSSR count). The number of methoxy groups -OCH3 is 1. The van der Waals surface area contributed by atoms with Crippen LogP contribution in [0.3, 0.4) is 0 Å². The summed E-state index contributed by atoms with van der Waals surface area (Å²) in [4.78, 5) is 12.7. The standard InChI is InChI=1S/C9H15NO2/c1-12-9-6-7-2-3-8(9)10(7)4-5-11/h5,7-9H,2-4,6H2,1H3/t7-,8+,9-/m0/s1. The molecule has 0 aliphatic carbocycles. The Hall–Kier alpha value is -0.410. The fraction of sp³-hybridized carbons (Fsp3) is 0.889. The van der Waals surface area contributed by atoms with E-state index >= 15 is 0 Å². The van der Waals surface area contributed by atoms with Gasteiger partial charge in [-0.25, -0.2) is 0 Å². The molecule has 0 N–H and O–H groups in total. The molecule has 0 aromatic heterocycles. The Labute approximate surface area is 72.7 Å². The zero-order valence-corrected chi connectivity index (χ0v) is 7.40. The number of hydrogen-bond acceptors (Lipinski definition) is 3. The summed E-state index contributed by atoms with van der Waals surface area (Å²) < 4.78 is 5.36. The van der Waals surface area contributed by atoms with E-state index in [1.165, 1.54) is 12.8 Å². The van der Waals surface area contributed by atoms with Crippen molar-refractivity contribution in [2.45, 2.75) is 37.5 Å². The van der Waals surface area contributed by atoms with Crippen molar-refractivity contribution in [1.29, 1.82) is 0 Å². The lowest BCUT2D eigenvalue weighted by molar-refractivity contribution is -0.109. The summed E-state index contributed by atoms with van der Waals surface area (Å²) in [5.41, 5.74) is 0. The molecule has 2 heterocycles. The van der Waals surface area contributed by atoms with E-state index in [0.29, 0.717) is 24.7 Å². The highest BCUT2D eigenvalue weighted by molar-refractivity contribution is 5.52. The van der Waals surface area contributed by atoms with Crippen LogP contribution in [0.4, 0.5) is 0 Å². The minimum absolute atomic E-state index is 0.378. The van der Waals surface area contributed by atoms with Crippen molar-refractivity contribution in [1.82, 2.24) is 4.90 Å². The van der Waals surface area contributed by atoms with E-state index in [1.54, 1.807) is 7.11 Å². The van der Waals surface area contributed by atoms with Gasteiger partial charge >= 0.3 is 0 Å². The van der Waals surface area contributed by atoms with Crippen LogP contribution in [-0.2, 0) is 9.53 Å². The summed E-state index contributed by atoms with van der Waals surface area (Å²) in [6, 6.07) is 1.13. The molecule has 0 aromatic carbocycles. The molecule has 0 unspecified atom stereocenters. The molecular formula is C9H15NO2. The van der Waals surface area contributed by atoms with Crippen LogP contribution in [0, 0.1) is 0 Å². The minimum atomic E-state index is 0.378. The second-order valence-corrected chi connectivity index (χ2v) is 3.67. The van der Waals surface area contributed by atoms with Crippen molar-refractivity contribution in [3.8, 4) is 0 Å². The van der Waals surface area contributed by atoms with E-state index in [-0.39, 0.29) is 0 Å². The fourth-order valence-corrected chi connectivity index (χ4v) is 2.67. The number of aldehydes is 1. The van der Waals surface area contributed by atoms with Crippen LogP contribution in [0.15, 0.2) is 0 Å². The summed E-state index contributed by atoms with van der Waals surface area (Å²) in [6.45, 7) is 0.592. The highest BCUT2D eigenvalue weighted by Crippen LogP contribution is 2.38. The van der Waals surface area contributed by atoms with Gasteiger partial charge in [-0.2, -0.15) is 0 Å². The molecule has 2 bridgehead atoms. The third kappa shape index (κ3) is 1.08. The fourth-order valence-electron chi connectivity index (χ4n) is 2.67. The van der Waals surface area contributed by atoms with Gasteiger partial charge in [-0.15, -0.1) is 0 Å². The molecule has 2 aliphatic heterocycles. The van der Waals surface area contributed by atoms with Gasteiger partial charge in [0.05, 0.1) is 12.6 Å². The maximum absolute atomic E-state index is 10.4.